The molecule has 0 saturated carbocycles. The molecule has 1 atom stereocenters. The third kappa shape index (κ3) is 21.8. The highest BCUT2D eigenvalue weighted by atomic mass is 16.5. The zero-order valence-electron chi connectivity index (χ0n) is 30.0. The summed E-state index contributed by atoms with van der Waals surface area (Å²) in [7, 11) is 0. The van der Waals surface area contributed by atoms with E-state index in [0.717, 1.165) is 12.8 Å². The maximum absolute atomic E-state index is 12.7. The molecule has 0 saturated heterocycles. The van der Waals surface area contributed by atoms with Crippen molar-refractivity contribution in [3.8, 4) is 0 Å². The molecule has 0 spiro atoms. The number of allylic oxidation sites excluding steroid dienone is 1. The van der Waals surface area contributed by atoms with Crippen molar-refractivity contribution < 1.29 is 28.8 Å². The Kier molecular flexibility index (Phi) is 16.1. The number of carbonyl (C=O) groups excluding carboxylic acids is 1. The van der Waals surface area contributed by atoms with Crippen LogP contribution in [0.15, 0.2) is 12.2 Å². The van der Waals surface area contributed by atoms with E-state index >= 15 is 0 Å². The summed E-state index contributed by atoms with van der Waals surface area (Å²) in [6.45, 7) is 30.2. The fourth-order valence-corrected chi connectivity index (χ4v) is 4.18. The maximum atomic E-state index is 12.7. The van der Waals surface area contributed by atoms with Gasteiger partial charge < -0.3 is 29.8 Å². The van der Waals surface area contributed by atoms with Gasteiger partial charge in [0.2, 0.25) is 0 Å². The SMILES string of the molecule is CC(C)(C)CCCC(C)(C)OCCC(C)(C)/C=C/C(C)(N)OCCC(C)(C)OCCC(=O)C(C)(C)OCCC(C)(C)O. The van der Waals surface area contributed by atoms with Crippen LogP contribution >= 0.6 is 0 Å². The maximum Gasteiger partial charge on any atom is 0.166 e. The van der Waals surface area contributed by atoms with Crippen LogP contribution in [0.2, 0.25) is 0 Å². The minimum atomic E-state index is -0.919. The van der Waals surface area contributed by atoms with Crippen molar-refractivity contribution in [2.24, 2.45) is 16.6 Å². The molecular formula is C35H69NO6. The fourth-order valence-electron chi connectivity index (χ4n) is 4.18. The first-order valence-corrected chi connectivity index (χ1v) is 16.0. The first kappa shape index (κ1) is 41.2. The fraction of sp³-hybridized carbons (Fsp3) is 0.914. The Morgan fingerprint density at radius 2 is 1.12 bits per heavy atom. The topological polar surface area (TPSA) is 100 Å². The van der Waals surface area contributed by atoms with Crippen LogP contribution in [-0.2, 0) is 23.7 Å². The summed E-state index contributed by atoms with van der Waals surface area (Å²) in [4.78, 5) is 12.7. The van der Waals surface area contributed by atoms with Crippen molar-refractivity contribution in [2.45, 2.75) is 170 Å². The van der Waals surface area contributed by atoms with Gasteiger partial charge in [-0.2, -0.15) is 0 Å². The average Bonchev–Trinajstić information content (AvgIpc) is 2.75. The molecule has 250 valence electrons. The average molecular weight is 600 g/mol. The zero-order valence-corrected chi connectivity index (χ0v) is 30.0. The molecule has 0 aliphatic rings. The quantitative estimate of drug-likeness (QED) is 0.0969. The van der Waals surface area contributed by atoms with E-state index in [2.05, 4.69) is 54.5 Å². The van der Waals surface area contributed by atoms with E-state index in [1.165, 1.54) is 12.8 Å². The van der Waals surface area contributed by atoms with Gasteiger partial charge in [-0.05, 0) is 111 Å². The van der Waals surface area contributed by atoms with Crippen molar-refractivity contribution in [1.82, 2.24) is 0 Å². The van der Waals surface area contributed by atoms with Crippen LogP contribution in [0.1, 0.15) is 142 Å². The van der Waals surface area contributed by atoms with Crippen LogP contribution in [0.25, 0.3) is 0 Å². The number of hydrogen-bond acceptors (Lipinski definition) is 7. The standard InChI is InChI=1S/C35H69NO6/c1-29(2,3)17-15-18-32(8,9)40-25-21-30(4,5)19-20-35(14,36)42-27-23-33(10,11)39-24-16-28(37)34(12,13)41-26-22-31(6,7)38/h19-20,38H,15-18,21-27,36H2,1-14H3/b20-19+. The van der Waals surface area contributed by atoms with Crippen LogP contribution in [0, 0.1) is 10.8 Å². The Morgan fingerprint density at radius 3 is 1.67 bits per heavy atom. The monoisotopic (exact) mass is 600 g/mol. The van der Waals surface area contributed by atoms with Gasteiger partial charge in [0.1, 0.15) is 11.3 Å². The summed E-state index contributed by atoms with van der Waals surface area (Å²) in [6.07, 6.45) is 9.73. The van der Waals surface area contributed by atoms with Gasteiger partial charge in [0.15, 0.2) is 5.78 Å². The second-order valence-corrected chi connectivity index (χ2v) is 16.6. The molecule has 0 amide bonds. The Labute approximate surface area is 259 Å². The Bertz CT molecular complexity index is 812. The molecule has 0 rings (SSSR count). The van der Waals surface area contributed by atoms with Gasteiger partial charge in [-0.3, -0.25) is 4.79 Å². The highest BCUT2D eigenvalue weighted by molar-refractivity contribution is 5.86. The molecule has 0 fully saturated rings. The first-order chi connectivity index (χ1) is 18.7. The number of carbonyl (C=O) groups is 1. The number of ketones is 1. The molecule has 0 aromatic heterocycles. The Hall–Kier alpha value is -0.830. The van der Waals surface area contributed by atoms with Crippen molar-refractivity contribution in [2.75, 3.05) is 26.4 Å². The lowest BCUT2D eigenvalue weighted by Crippen LogP contribution is -2.40. The first-order valence-electron chi connectivity index (χ1n) is 16.0. The van der Waals surface area contributed by atoms with Crippen molar-refractivity contribution in [3.05, 3.63) is 12.2 Å². The van der Waals surface area contributed by atoms with Gasteiger partial charge in [-0.15, -0.1) is 0 Å². The summed E-state index contributed by atoms with van der Waals surface area (Å²) in [5.74, 6) is -0.0259. The van der Waals surface area contributed by atoms with E-state index in [4.69, 9.17) is 24.7 Å². The summed E-state index contributed by atoms with van der Waals surface area (Å²) >= 11 is 0. The van der Waals surface area contributed by atoms with Crippen molar-refractivity contribution in [1.29, 1.82) is 0 Å². The molecule has 3 N–H and O–H groups in total. The van der Waals surface area contributed by atoms with Gasteiger partial charge in [-0.25, -0.2) is 0 Å². The van der Waals surface area contributed by atoms with E-state index in [1.807, 2.05) is 26.8 Å². The molecule has 0 radical (unpaired) electrons. The lowest BCUT2D eigenvalue weighted by atomic mass is 9.87. The van der Waals surface area contributed by atoms with E-state index in [1.54, 1.807) is 27.7 Å². The lowest BCUT2D eigenvalue weighted by Gasteiger charge is -2.31. The second kappa shape index (κ2) is 16.5. The molecule has 0 aromatic rings. The number of Topliss-reactive ketones (excluding diaryl/α,β-unsaturated/α-hetero) is 1. The summed E-state index contributed by atoms with van der Waals surface area (Å²) in [5.41, 5.74) is 3.48. The van der Waals surface area contributed by atoms with Crippen LogP contribution < -0.4 is 5.73 Å². The number of rotatable bonds is 22. The molecule has 0 aromatic carbocycles. The van der Waals surface area contributed by atoms with Crippen LogP contribution in [0.5, 0.6) is 0 Å². The molecule has 0 heterocycles. The van der Waals surface area contributed by atoms with Crippen molar-refractivity contribution in [3.63, 3.8) is 0 Å². The highest BCUT2D eigenvalue weighted by Gasteiger charge is 2.30. The predicted molar refractivity (Wildman–Crippen MR) is 175 cm³/mol. The highest BCUT2D eigenvalue weighted by Crippen LogP contribution is 2.29. The molecule has 0 aliphatic heterocycles. The Morgan fingerprint density at radius 1 is 0.619 bits per heavy atom. The normalized spacial score (nSPS) is 15.8. The number of ether oxygens (including phenoxy) is 4. The van der Waals surface area contributed by atoms with Crippen LogP contribution in [-0.4, -0.2) is 65.4 Å². The summed E-state index contributed by atoms with van der Waals surface area (Å²) in [5, 5.41) is 9.85. The number of aliphatic hydroxyl groups is 1. The molecular weight excluding hydrogens is 530 g/mol. The van der Waals surface area contributed by atoms with Crippen LogP contribution in [0.4, 0.5) is 0 Å². The van der Waals surface area contributed by atoms with Crippen LogP contribution in [0.3, 0.4) is 0 Å². The van der Waals surface area contributed by atoms with E-state index in [-0.39, 0.29) is 23.2 Å². The van der Waals surface area contributed by atoms with Gasteiger partial charge in [0.05, 0.1) is 36.6 Å². The molecule has 0 bridgehead atoms. The molecule has 0 aliphatic carbocycles. The van der Waals surface area contributed by atoms with Gasteiger partial charge >= 0.3 is 0 Å². The predicted octanol–water partition coefficient (Wildman–Crippen LogP) is 7.76. The van der Waals surface area contributed by atoms with Gasteiger partial charge in [-0.1, -0.05) is 47.1 Å². The minimum Gasteiger partial charge on any atom is -0.390 e. The van der Waals surface area contributed by atoms with E-state index in [0.29, 0.717) is 44.7 Å². The third-order valence-corrected chi connectivity index (χ3v) is 7.60. The third-order valence-electron chi connectivity index (χ3n) is 7.60. The minimum absolute atomic E-state index is 0.0259. The molecule has 7 heteroatoms. The summed E-state index contributed by atoms with van der Waals surface area (Å²) in [6, 6.07) is 0. The number of nitrogens with two attached hydrogens (primary N) is 1. The molecule has 7 nitrogen and oxygen atoms in total. The largest absolute Gasteiger partial charge is 0.390 e. The van der Waals surface area contributed by atoms with E-state index in [9.17, 15) is 9.90 Å². The van der Waals surface area contributed by atoms with Crippen molar-refractivity contribution >= 4 is 5.78 Å². The molecule has 1 unspecified atom stereocenters. The van der Waals surface area contributed by atoms with Gasteiger partial charge in [0.25, 0.3) is 0 Å². The van der Waals surface area contributed by atoms with E-state index < -0.39 is 22.5 Å². The lowest BCUT2D eigenvalue weighted by molar-refractivity contribution is -0.144. The number of hydrogen-bond donors (Lipinski definition) is 2. The summed E-state index contributed by atoms with van der Waals surface area (Å²) < 4.78 is 24.1. The van der Waals surface area contributed by atoms with Gasteiger partial charge in [0, 0.05) is 13.0 Å². The Balaban J connectivity index is 4.54. The smallest absolute Gasteiger partial charge is 0.166 e. The molecule has 42 heavy (non-hydrogen) atoms. The zero-order chi connectivity index (χ0) is 33.1. The second-order valence-electron chi connectivity index (χ2n) is 16.6.